The summed E-state index contributed by atoms with van der Waals surface area (Å²) in [6, 6.07) is 7.12. The fourth-order valence-electron chi connectivity index (χ4n) is 3.59. The first-order valence-electron chi connectivity index (χ1n) is 9.75. The summed E-state index contributed by atoms with van der Waals surface area (Å²) in [5, 5.41) is 8.72. The van der Waals surface area contributed by atoms with Gasteiger partial charge in [0, 0.05) is 51.0 Å². The number of hydrogen-bond donors (Lipinski definition) is 2. The summed E-state index contributed by atoms with van der Waals surface area (Å²) < 4.78 is 38.9. The van der Waals surface area contributed by atoms with Crippen LogP contribution in [0.1, 0.15) is 17.7 Å². The van der Waals surface area contributed by atoms with Crippen LogP contribution in [0.3, 0.4) is 0 Å². The van der Waals surface area contributed by atoms with Crippen LogP contribution in [-0.4, -0.2) is 53.4 Å². The van der Waals surface area contributed by atoms with Gasteiger partial charge in [-0.25, -0.2) is 0 Å². The number of fused-ring (bicyclic) bond motifs is 1. The van der Waals surface area contributed by atoms with Crippen molar-refractivity contribution in [3.05, 3.63) is 52.8 Å². The SMILES string of the molecule is FC(F)(F)c1cccc(N2CCN(C(=S)N/N=C3/CCNc4c(Cl)ccnc43)CC2)c1. The number of hydrazone groups is 1. The highest BCUT2D eigenvalue weighted by molar-refractivity contribution is 7.80. The molecule has 3 heterocycles. The summed E-state index contributed by atoms with van der Waals surface area (Å²) in [6.07, 6.45) is -2.04. The molecule has 31 heavy (non-hydrogen) atoms. The first-order chi connectivity index (χ1) is 14.8. The minimum Gasteiger partial charge on any atom is -0.382 e. The number of anilines is 2. The molecule has 1 fully saturated rings. The summed E-state index contributed by atoms with van der Waals surface area (Å²) in [5.41, 5.74) is 5.07. The molecule has 1 saturated heterocycles. The van der Waals surface area contributed by atoms with Crippen LogP contribution in [0, 0.1) is 0 Å². The lowest BCUT2D eigenvalue weighted by atomic mass is 10.1. The molecule has 2 aromatic rings. The normalized spacial score (nSPS) is 17.9. The molecule has 6 nitrogen and oxygen atoms in total. The molecule has 2 N–H and O–H groups in total. The number of hydrogen-bond acceptors (Lipinski definition) is 5. The van der Waals surface area contributed by atoms with Gasteiger partial charge in [0.1, 0.15) is 5.69 Å². The van der Waals surface area contributed by atoms with Gasteiger partial charge < -0.3 is 15.1 Å². The summed E-state index contributed by atoms with van der Waals surface area (Å²) in [4.78, 5) is 8.24. The number of alkyl halides is 3. The maximum Gasteiger partial charge on any atom is 0.416 e. The van der Waals surface area contributed by atoms with Gasteiger partial charge in [-0.3, -0.25) is 10.4 Å². The number of halogens is 4. The summed E-state index contributed by atoms with van der Waals surface area (Å²) >= 11 is 11.7. The largest absolute Gasteiger partial charge is 0.416 e. The minimum absolute atomic E-state index is 0.471. The Labute approximate surface area is 188 Å². The Balaban J connectivity index is 1.37. The van der Waals surface area contributed by atoms with Crippen LogP contribution in [-0.2, 0) is 6.18 Å². The van der Waals surface area contributed by atoms with E-state index >= 15 is 0 Å². The van der Waals surface area contributed by atoms with Crippen LogP contribution in [0.5, 0.6) is 0 Å². The van der Waals surface area contributed by atoms with Gasteiger partial charge in [0.25, 0.3) is 0 Å². The molecule has 1 aromatic carbocycles. The van der Waals surface area contributed by atoms with Crippen molar-refractivity contribution in [1.82, 2.24) is 15.3 Å². The molecular formula is C20H20ClF3N6S. The van der Waals surface area contributed by atoms with Crippen LogP contribution >= 0.6 is 23.8 Å². The lowest BCUT2D eigenvalue weighted by molar-refractivity contribution is -0.137. The monoisotopic (exact) mass is 468 g/mol. The first kappa shape index (κ1) is 21.6. The second kappa shape index (κ2) is 8.88. The molecule has 0 atom stereocenters. The summed E-state index contributed by atoms with van der Waals surface area (Å²) in [6.45, 7) is 2.97. The third kappa shape index (κ3) is 4.85. The van der Waals surface area contributed by atoms with Crippen LogP contribution in [0.15, 0.2) is 41.6 Å². The topological polar surface area (TPSA) is 55.8 Å². The number of thiocarbonyl (C=S) groups is 1. The van der Waals surface area contributed by atoms with E-state index in [1.54, 1.807) is 18.3 Å². The lowest BCUT2D eigenvalue weighted by Crippen LogP contribution is -2.51. The average Bonchev–Trinajstić information content (AvgIpc) is 2.77. The number of benzene rings is 1. The molecule has 0 amide bonds. The smallest absolute Gasteiger partial charge is 0.382 e. The molecule has 164 valence electrons. The molecular weight excluding hydrogens is 449 g/mol. The van der Waals surface area contributed by atoms with Crippen molar-refractivity contribution in [1.29, 1.82) is 0 Å². The van der Waals surface area contributed by atoms with E-state index < -0.39 is 11.7 Å². The predicted molar refractivity (Wildman–Crippen MR) is 120 cm³/mol. The Kier molecular flexibility index (Phi) is 6.19. The van der Waals surface area contributed by atoms with Gasteiger partial charge in [0.2, 0.25) is 0 Å². The van der Waals surface area contributed by atoms with E-state index in [4.69, 9.17) is 23.8 Å². The van der Waals surface area contributed by atoms with E-state index in [1.165, 1.54) is 12.1 Å². The third-order valence-corrected chi connectivity index (χ3v) is 5.89. The molecule has 2 aliphatic rings. The molecule has 0 bridgehead atoms. The zero-order valence-corrected chi connectivity index (χ0v) is 18.0. The van der Waals surface area contributed by atoms with Crippen molar-refractivity contribution in [3.63, 3.8) is 0 Å². The van der Waals surface area contributed by atoms with E-state index in [0.29, 0.717) is 60.7 Å². The zero-order chi connectivity index (χ0) is 22.0. The Bertz CT molecular complexity index is 1000. The minimum atomic E-state index is -4.35. The Morgan fingerprint density at radius 3 is 2.71 bits per heavy atom. The zero-order valence-electron chi connectivity index (χ0n) is 16.4. The fourth-order valence-corrected chi connectivity index (χ4v) is 4.03. The van der Waals surface area contributed by atoms with Gasteiger partial charge in [-0.1, -0.05) is 17.7 Å². The fraction of sp³-hybridized carbons (Fsp3) is 0.350. The van der Waals surface area contributed by atoms with E-state index in [-0.39, 0.29) is 0 Å². The lowest BCUT2D eigenvalue weighted by Gasteiger charge is -2.37. The molecule has 4 rings (SSSR count). The average molecular weight is 469 g/mol. The van der Waals surface area contributed by atoms with E-state index in [1.807, 2.05) is 9.80 Å². The maximum atomic E-state index is 13.0. The van der Waals surface area contributed by atoms with E-state index in [2.05, 4.69) is 20.8 Å². The number of nitrogens with zero attached hydrogens (tertiary/aromatic N) is 4. The number of aromatic nitrogens is 1. The Hall–Kier alpha value is -2.59. The maximum absolute atomic E-state index is 13.0. The highest BCUT2D eigenvalue weighted by atomic mass is 35.5. The van der Waals surface area contributed by atoms with Gasteiger partial charge in [-0.05, 0) is 36.5 Å². The van der Waals surface area contributed by atoms with Crippen molar-refractivity contribution in [2.24, 2.45) is 5.10 Å². The first-order valence-corrected chi connectivity index (χ1v) is 10.5. The van der Waals surface area contributed by atoms with Crippen molar-refractivity contribution in [2.75, 3.05) is 42.9 Å². The van der Waals surface area contributed by atoms with Crippen molar-refractivity contribution in [3.8, 4) is 0 Å². The second-order valence-electron chi connectivity index (χ2n) is 7.19. The summed E-state index contributed by atoms with van der Waals surface area (Å²) in [7, 11) is 0. The van der Waals surface area contributed by atoms with Crippen molar-refractivity contribution < 1.29 is 13.2 Å². The van der Waals surface area contributed by atoms with Gasteiger partial charge in [0.15, 0.2) is 5.11 Å². The Morgan fingerprint density at radius 1 is 1.19 bits per heavy atom. The number of nitrogens with one attached hydrogen (secondary N) is 2. The number of rotatable bonds is 2. The molecule has 0 radical (unpaired) electrons. The quantitative estimate of drug-likeness (QED) is 0.514. The molecule has 0 aliphatic carbocycles. The van der Waals surface area contributed by atoms with Crippen molar-refractivity contribution in [2.45, 2.75) is 12.6 Å². The standard InChI is InChI=1S/C20H20ClF3N6S/c21-15-4-6-26-18-16(5-7-25-17(15)18)27-28-19(31)30-10-8-29(9-11-30)14-3-1-2-13(12-14)20(22,23)24/h1-4,6,12,25H,5,7-11H2,(H,28,31)/b27-16-. The Morgan fingerprint density at radius 2 is 1.97 bits per heavy atom. The van der Waals surface area contributed by atoms with Crippen LogP contribution in [0.2, 0.25) is 5.02 Å². The van der Waals surface area contributed by atoms with Crippen LogP contribution in [0.25, 0.3) is 0 Å². The van der Waals surface area contributed by atoms with Crippen LogP contribution in [0.4, 0.5) is 24.5 Å². The molecule has 11 heteroatoms. The molecule has 0 saturated carbocycles. The number of piperazine rings is 1. The third-order valence-electron chi connectivity index (χ3n) is 5.23. The van der Waals surface area contributed by atoms with Crippen LogP contribution < -0.4 is 15.6 Å². The van der Waals surface area contributed by atoms with Crippen molar-refractivity contribution >= 4 is 46.0 Å². The highest BCUT2D eigenvalue weighted by Crippen LogP contribution is 2.32. The van der Waals surface area contributed by atoms with E-state index in [0.717, 1.165) is 17.5 Å². The van der Waals surface area contributed by atoms with Gasteiger partial charge >= 0.3 is 6.18 Å². The molecule has 0 unspecified atom stereocenters. The molecule has 0 spiro atoms. The molecule has 1 aromatic heterocycles. The highest BCUT2D eigenvalue weighted by Gasteiger charge is 2.31. The summed E-state index contributed by atoms with van der Waals surface area (Å²) in [5.74, 6) is 0. The van der Waals surface area contributed by atoms with E-state index in [9.17, 15) is 13.2 Å². The van der Waals surface area contributed by atoms with Gasteiger partial charge in [-0.15, -0.1) is 0 Å². The predicted octanol–water partition coefficient (Wildman–Crippen LogP) is 3.97. The second-order valence-corrected chi connectivity index (χ2v) is 7.98. The van der Waals surface area contributed by atoms with Gasteiger partial charge in [-0.2, -0.15) is 18.3 Å². The molecule has 2 aliphatic heterocycles. The van der Waals surface area contributed by atoms with Gasteiger partial charge in [0.05, 0.1) is 22.0 Å². The number of pyridine rings is 1.